The molecule has 0 aliphatic carbocycles. The number of aromatic amines is 1. The van der Waals surface area contributed by atoms with Crippen molar-refractivity contribution in [1.29, 1.82) is 0 Å². The Hall–Kier alpha value is -2.34. The van der Waals surface area contributed by atoms with Crippen molar-refractivity contribution < 1.29 is 0 Å². The Balaban J connectivity index is 1.90. The van der Waals surface area contributed by atoms with Crippen LogP contribution in [0.25, 0.3) is 10.9 Å². The van der Waals surface area contributed by atoms with E-state index in [0.717, 1.165) is 15.7 Å². The summed E-state index contributed by atoms with van der Waals surface area (Å²) in [6.45, 7) is 0.637. The average molecular weight is 345 g/mol. The number of nitrogens with two attached hydrogens (primary N) is 1. The van der Waals surface area contributed by atoms with Crippen LogP contribution in [0.1, 0.15) is 5.56 Å². The topological polar surface area (TPSA) is 83.8 Å². The quantitative estimate of drug-likeness (QED) is 0.638. The Bertz CT molecular complexity index is 860. The van der Waals surface area contributed by atoms with E-state index in [4.69, 9.17) is 5.73 Å². The van der Waals surface area contributed by atoms with Crippen molar-refractivity contribution in [3.63, 3.8) is 0 Å². The first-order valence-electron chi connectivity index (χ1n) is 6.39. The zero-order chi connectivity index (χ0) is 14.8. The minimum absolute atomic E-state index is 0.190. The van der Waals surface area contributed by atoms with Crippen LogP contribution >= 0.6 is 15.9 Å². The molecule has 5 nitrogen and oxygen atoms in total. The number of benzene rings is 2. The van der Waals surface area contributed by atoms with Crippen LogP contribution < -0.4 is 16.6 Å². The van der Waals surface area contributed by atoms with Gasteiger partial charge in [0.2, 0.25) is 0 Å². The maximum Gasteiger partial charge on any atom is 0.258 e. The lowest BCUT2D eigenvalue weighted by molar-refractivity contribution is 1.14. The predicted molar refractivity (Wildman–Crippen MR) is 88.2 cm³/mol. The average Bonchev–Trinajstić information content (AvgIpc) is 2.46. The summed E-state index contributed by atoms with van der Waals surface area (Å²) >= 11 is 3.44. The normalized spacial score (nSPS) is 10.7. The molecular formula is C15H13BrN4O. The Kier molecular flexibility index (Phi) is 3.62. The minimum atomic E-state index is -0.190. The highest BCUT2D eigenvalue weighted by Crippen LogP contribution is 2.23. The van der Waals surface area contributed by atoms with Gasteiger partial charge in [0, 0.05) is 11.0 Å². The van der Waals surface area contributed by atoms with Crippen molar-refractivity contribution in [2.24, 2.45) is 0 Å². The maximum atomic E-state index is 11.7. The Morgan fingerprint density at radius 1 is 1.29 bits per heavy atom. The van der Waals surface area contributed by atoms with Gasteiger partial charge in [-0.05, 0) is 29.8 Å². The molecule has 4 N–H and O–H groups in total. The fourth-order valence-corrected chi connectivity index (χ4v) is 2.58. The second kappa shape index (κ2) is 5.57. The zero-order valence-electron chi connectivity index (χ0n) is 11.1. The van der Waals surface area contributed by atoms with Crippen LogP contribution in [0.15, 0.2) is 52.0 Å². The van der Waals surface area contributed by atoms with Gasteiger partial charge in [0.1, 0.15) is 0 Å². The fraction of sp³-hybridized carbons (Fsp3) is 0.0667. The lowest BCUT2D eigenvalue weighted by Crippen LogP contribution is -2.08. The summed E-state index contributed by atoms with van der Waals surface area (Å²) in [6.07, 6.45) is 1.39. The molecule has 0 unspecified atom stereocenters. The third-order valence-corrected chi connectivity index (χ3v) is 3.68. The molecule has 6 heteroatoms. The number of nitrogens with one attached hydrogen (secondary N) is 2. The molecule has 0 saturated carbocycles. The van der Waals surface area contributed by atoms with Gasteiger partial charge in [0.15, 0.2) is 0 Å². The molecule has 0 atom stereocenters. The zero-order valence-corrected chi connectivity index (χ0v) is 12.6. The van der Waals surface area contributed by atoms with Crippen molar-refractivity contribution in [3.05, 3.63) is 63.1 Å². The van der Waals surface area contributed by atoms with Crippen LogP contribution in [-0.2, 0) is 6.54 Å². The number of anilines is 2. The van der Waals surface area contributed by atoms with E-state index in [-0.39, 0.29) is 5.56 Å². The Morgan fingerprint density at radius 2 is 2.14 bits per heavy atom. The lowest BCUT2D eigenvalue weighted by Gasteiger charge is -2.10. The standard InChI is InChI=1S/C15H13BrN4O/c16-10-3-1-2-9(4-10)7-18-14-6-13-11(5-12(14)17)15(21)20-8-19-13/h1-6,8,18H,7,17H2,(H,19,20,21). The van der Waals surface area contributed by atoms with Crippen LogP contribution in [0, 0.1) is 0 Å². The largest absolute Gasteiger partial charge is 0.397 e. The number of hydrogen-bond donors (Lipinski definition) is 3. The minimum Gasteiger partial charge on any atom is -0.397 e. The number of nitrogen functional groups attached to an aromatic ring is 1. The van der Waals surface area contributed by atoms with Crippen LogP contribution in [0.3, 0.4) is 0 Å². The fourth-order valence-electron chi connectivity index (χ4n) is 2.13. The first-order valence-corrected chi connectivity index (χ1v) is 7.18. The van der Waals surface area contributed by atoms with Gasteiger partial charge < -0.3 is 16.0 Å². The van der Waals surface area contributed by atoms with Gasteiger partial charge in [-0.25, -0.2) is 4.98 Å². The molecule has 21 heavy (non-hydrogen) atoms. The monoisotopic (exact) mass is 344 g/mol. The van der Waals surface area contributed by atoms with Crippen molar-refractivity contribution in [3.8, 4) is 0 Å². The summed E-state index contributed by atoms with van der Waals surface area (Å²) in [5, 5.41) is 3.76. The molecule has 0 amide bonds. The molecule has 2 aromatic carbocycles. The van der Waals surface area contributed by atoms with E-state index < -0.39 is 0 Å². The van der Waals surface area contributed by atoms with Gasteiger partial charge in [0.05, 0.1) is 28.6 Å². The summed E-state index contributed by atoms with van der Waals surface area (Å²) in [5.74, 6) is 0. The molecular weight excluding hydrogens is 332 g/mol. The van der Waals surface area contributed by atoms with Crippen LogP contribution in [0.4, 0.5) is 11.4 Å². The van der Waals surface area contributed by atoms with E-state index >= 15 is 0 Å². The summed E-state index contributed by atoms with van der Waals surface area (Å²) in [4.78, 5) is 18.4. The maximum absolute atomic E-state index is 11.7. The van der Waals surface area contributed by atoms with Gasteiger partial charge in [-0.2, -0.15) is 0 Å². The second-order valence-electron chi connectivity index (χ2n) is 4.67. The lowest BCUT2D eigenvalue weighted by atomic mass is 10.1. The third-order valence-electron chi connectivity index (χ3n) is 3.18. The molecule has 0 saturated heterocycles. The molecule has 0 radical (unpaired) electrons. The number of fused-ring (bicyclic) bond motifs is 1. The molecule has 3 aromatic rings. The summed E-state index contributed by atoms with van der Waals surface area (Å²) in [6, 6.07) is 11.4. The SMILES string of the molecule is Nc1cc2c(=O)[nH]cnc2cc1NCc1cccc(Br)c1. The number of halogens is 1. The third kappa shape index (κ3) is 2.90. The predicted octanol–water partition coefficient (Wildman–Crippen LogP) is 2.88. The molecule has 106 valence electrons. The van der Waals surface area contributed by atoms with Gasteiger partial charge in [-0.3, -0.25) is 4.79 Å². The highest BCUT2D eigenvalue weighted by molar-refractivity contribution is 9.10. The molecule has 0 aliphatic heterocycles. The molecule has 0 fully saturated rings. The van der Waals surface area contributed by atoms with E-state index in [2.05, 4.69) is 31.2 Å². The van der Waals surface area contributed by atoms with E-state index in [1.807, 2.05) is 24.3 Å². The van der Waals surface area contributed by atoms with Crippen molar-refractivity contribution in [2.75, 3.05) is 11.1 Å². The molecule has 0 aliphatic rings. The number of nitrogens with zero attached hydrogens (tertiary/aromatic N) is 1. The highest BCUT2D eigenvalue weighted by atomic mass is 79.9. The summed E-state index contributed by atoms with van der Waals surface area (Å²) in [7, 11) is 0. The first kappa shape index (κ1) is 13.6. The van der Waals surface area contributed by atoms with Crippen molar-refractivity contribution in [1.82, 2.24) is 9.97 Å². The van der Waals surface area contributed by atoms with Gasteiger partial charge in [-0.15, -0.1) is 0 Å². The molecule has 3 rings (SSSR count). The second-order valence-corrected chi connectivity index (χ2v) is 5.59. The summed E-state index contributed by atoms with van der Waals surface area (Å²) in [5.41, 5.74) is 8.84. The van der Waals surface area contributed by atoms with Crippen LogP contribution in [0.2, 0.25) is 0 Å². The van der Waals surface area contributed by atoms with E-state index in [1.165, 1.54) is 6.33 Å². The molecule has 1 aromatic heterocycles. The van der Waals surface area contributed by atoms with E-state index in [1.54, 1.807) is 12.1 Å². The van der Waals surface area contributed by atoms with E-state index in [9.17, 15) is 4.79 Å². The number of H-pyrrole nitrogens is 1. The molecule has 1 heterocycles. The van der Waals surface area contributed by atoms with Gasteiger partial charge in [0.25, 0.3) is 5.56 Å². The van der Waals surface area contributed by atoms with Gasteiger partial charge in [-0.1, -0.05) is 28.1 Å². The van der Waals surface area contributed by atoms with Gasteiger partial charge >= 0.3 is 0 Å². The van der Waals surface area contributed by atoms with Crippen molar-refractivity contribution >= 4 is 38.2 Å². The molecule has 0 bridgehead atoms. The van der Waals surface area contributed by atoms with Crippen LogP contribution in [-0.4, -0.2) is 9.97 Å². The Labute approximate surface area is 129 Å². The number of hydrogen-bond acceptors (Lipinski definition) is 4. The summed E-state index contributed by atoms with van der Waals surface area (Å²) < 4.78 is 1.03. The van der Waals surface area contributed by atoms with Crippen LogP contribution in [0.5, 0.6) is 0 Å². The van der Waals surface area contributed by atoms with Crippen molar-refractivity contribution in [2.45, 2.75) is 6.54 Å². The number of rotatable bonds is 3. The molecule has 0 spiro atoms. The Morgan fingerprint density at radius 3 is 2.95 bits per heavy atom. The first-order chi connectivity index (χ1) is 10.1. The number of aromatic nitrogens is 2. The van der Waals surface area contributed by atoms with E-state index in [0.29, 0.717) is 23.1 Å². The smallest absolute Gasteiger partial charge is 0.258 e. The highest BCUT2D eigenvalue weighted by Gasteiger charge is 2.06.